The molecule has 0 heterocycles. The van der Waals surface area contributed by atoms with Crippen LogP contribution >= 0.6 is 0 Å². The molecule has 0 aliphatic carbocycles. The first-order valence-corrected chi connectivity index (χ1v) is 25.9. The van der Waals surface area contributed by atoms with Gasteiger partial charge in [0.2, 0.25) is 0 Å². The molecule has 0 radical (unpaired) electrons. The van der Waals surface area contributed by atoms with E-state index < -0.39 is 6.10 Å². The number of esters is 3. The topological polar surface area (TPSA) is 78.9 Å². The minimum absolute atomic E-state index is 0.0626. The van der Waals surface area contributed by atoms with Gasteiger partial charge in [0, 0.05) is 19.3 Å². The van der Waals surface area contributed by atoms with E-state index in [1.165, 1.54) is 186 Å². The van der Waals surface area contributed by atoms with Crippen LogP contribution < -0.4 is 0 Å². The molecule has 0 bridgehead atoms. The molecule has 0 saturated heterocycles. The van der Waals surface area contributed by atoms with Gasteiger partial charge in [-0.2, -0.15) is 0 Å². The van der Waals surface area contributed by atoms with Gasteiger partial charge in [-0.05, 0) is 25.2 Å². The summed E-state index contributed by atoms with van der Waals surface area (Å²) in [7, 11) is 0. The summed E-state index contributed by atoms with van der Waals surface area (Å²) in [6.07, 6.45) is 48.0. The van der Waals surface area contributed by atoms with Gasteiger partial charge < -0.3 is 14.2 Å². The number of hydrogen-bond acceptors (Lipinski definition) is 6. The summed E-state index contributed by atoms with van der Waals surface area (Å²) in [5.74, 6) is 0.00342. The summed E-state index contributed by atoms with van der Waals surface area (Å²) in [5.41, 5.74) is 0. The highest BCUT2D eigenvalue weighted by molar-refractivity contribution is 5.71. The zero-order valence-corrected chi connectivity index (χ0v) is 39.5. The first-order chi connectivity index (χ1) is 28.4. The average Bonchev–Trinajstić information content (AvgIpc) is 3.21. The molecule has 0 unspecified atom stereocenters. The molecule has 0 aliphatic heterocycles. The molecule has 344 valence electrons. The summed E-state index contributed by atoms with van der Waals surface area (Å²) in [4.78, 5) is 37.9. The van der Waals surface area contributed by atoms with Crippen LogP contribution in [0.5, 0.6) is 0 Å². The Morgan fingerprint density at radius 1 is 0.328 bits per heavy atom. The van der Waals surface area contributed by atoms with Crippen molar-refractivity contribution in [3.8, 4) is 0 Å². The van der Waals surface area contributed by atoms with Crippen molar-refractivity contribution >= 4 is 17.9 Å². The fourth-order valence-corrected chi connectivity index (χ4v) is 7.86. The van der Waals surface area contributed by atoms with Gasteiger partial charge in [0.05, 0.1) is 0 Å². The zero-order chi connectivity index (χ0) is 42.4. The Balaban J connectivity index is 4.24. The van der Waals surface area contributed by atoms with Gasteiger partial charge >= 0.3 is 17.9 Å². The summed E-state index contributed by atoms with van der Waals surface area (Å²) in [5, 5.41) is 0. The standard InChI is InChI=1S/C52H100O6/c1-5-7-9-11-13-15-17-24-29-33-37-41-45-52(55)58-49(46-56-50(53)43-39-35-31-27-16-14-12-10-8-6-2)47-57-51(54)44-40-36-32-28-25-22-20-18-19-21-23-26-30-34-38-42-48(3)4/h48-49H,5-47H2,1-4H3/t49-/m0/s1. The van der Waals surface area contributed by atoms with Crippen LogP contribution in [0.2, 0.25) is 0 Å². The van der Waals surface area contributed by atoms with Crippen molar-refractivity contribution in [2.45, 2.75) is 297 Å². The van der Waals surface area contributed by atoms with Crippen molar-refractivity contribution < 1.29 is 28.6 Å². The Bertz CT molecular complexity index is 872. The van der Waals surface area contributed by atoms with E-state index in [4.69, 9.17) is 14.2 Å². The monoisotopic (exact) mass is 821 g/mol. The molecular formula is C52H100O6. The van der Waals surface area contributed by atoms with E-state index in [1.54, 1.807) is 0 Å². The Morgan fingerprint density at radius 3 is 0.845 bits per heavy atom. The molecule has 0 aromatic rings. The normalized spacial score (nSPS) is 11.9. The van der Waals surface area contributed by atoms with Crippen LogP contribution in [-0.2, 0) is 28.6 Å². The smallest absolute Gasteiger partial charge is 0.306 e. The van der Waals surface area contributed by atoms with Crippen molar-refractivity contribution in [1.82, 2.24) is 0 Å². The molecule has 6 nitrogen and oxygen atoms in total. The van der Waals surface area contributed by atoms with Gasteiger partial charge in [0.15, 0.2) is 6.10 Å². The van der Waals surface area contributed by atoms with Crippen LogP contribution in [0.1, 0.15) is 291 Å². The van der Waals surface area contributed by atoms with Gasteiger partial charge in [0.25, 0.3) is 0 Å². The molecule has 0 rings (SSSR count). The van der Waals surface area contributed by atoms with Gasteiger partial charge in [-0.15, -0.1) is 0 Å². The highest BCUT2D eigenvalue weighted by Crippen LogP contribution is 2.17. The maximum atomic E-state index is 12.7. The van der Waals surface area contributed by atoms with Crippen molar-refractivity contribution in [2.24, 2.45) is 5.92 Å². The van der Waals surface area contributed by atoms with Crippen molar-refractivity contribution in [1.29, 1.82) is 0 Å². The maximum Gasteiger partial charge on any atom is 0.306 e. The number of ether oxygens (including phenoxy) is 3. The van der Waals surface area contributed by atoms with E-state index in [-0.39, 0.29) is 31.1 Å². The van der Waals surface area contributed by atoms with Crippen LogP contribution in [0.3, 0.4) is 0 Å². The summed E-state index contributed by atoms with van der Waals surface area (Å²) < 4.78 is 16.8. The molecule has 1 atom stereocenters. The molecular weight excluding hydrogens is 721 g/mol. The maximum absolute atomic E-state index is 12.7. The minimum Gasteiger partial charge on any atom is -0.462 e. The molecule has 0 aromatic heterocycles. The molecule has 58 heavy (non-hydrogen) atoms. The number of rotatable bonds is 47. The van der Waals surface area contributed by atoms with E-state index in [0.29, 0.717) is 19.3 Å². The third-order valence-corrected chi connectivity index (χ3v) is 11.8. The molecule has 0 aromatic carbocycles. The molecule has 0 amide bonds. The lowest BCUT2D eigenvalue weighted by molar-refractivity contribution is -0.167. The molecule has 0 spiro atoms. The third kappa shape index (κ3) is 45.5. The SMILES string of the molecule is CCCCCCCCCCCCCCC(=O)O[C@@H](COC(=O)CCCCCCCCCCCC)COC(=O)CCCCCCCCCCCCCCCCCC(C)C. The van der Waals surface area contributed by atoms with Crippen LogP contribution in [0.15, 0.2) is 0 Å². The lowest BCUT2D eigenvalue weighted by Gasteiger charge is -2.18. The fourth-order valence-electron chi connectivity index (χ4n) is 7.86. The number of carbonyl (C=O) groups is 3. The first kappa shape index (κ1) is 56.4. The second-order valence-corrected chi connectivity index (χ2v) is 18.3. The summed E-state index contributed by atoms with van der Waals surface area (Å²) in [6, 6.07) is 0. The second kappa shape index (κ2) is 46.5. The number of unbranched alkanes of at least 4 members (excludes halogenated alkanes) is 34. The average molecular weight is 821 g/mol. The highest BCUT2D eigenvalue weighted by Gasteiger charge is 2.19. The number of carbonyl (C=O) groups excluding carboxylic acids is 3. The molecule has 0 fully saturated rings. The van der Waals surface area contributed by atoms with E-state index in [9.17, 15) is 14.4 Å². The van der Waals surface area contributed by atoms with Crippen molar-refractivity contribution in [3.63, 3.8) is 0 Å². The zero-order valence-electron chi connectivity index (χ0n) is 39.5. The van der Waals surface area contributed by atoms with Gasteiger partial charge in [-0.25, -0.2) is 0 Å². The quantitative estimate of drug-likeness (QED) is 0.0346. The Labute approximate surface area is 361 Å². The molecule has 6 heteroatoms. The highest BCUT2D eigenvalue weighted by atomic mass is 16.6. The predicted octanol–water partition coefficient (Wildman–Crippen LogP) is 16.7. The molecule has 0 aliphatic rings. The van der Waals surface area contributed by atoms with Crippen molar-refractivity contribution in [2.75, 3.05) is 13.2 Å². The lowest BCUT2D eigenvalue weighted by Crippen LogP contribution is -2.30. The third-order valence-electron chi connectivity index (χ3n) is 11.8. The van der Waals surface area contributed by atoms with Crippen LogP contribution in [-0.4, -0.2) is 37.2 Å². The van der Waals surface area contributed by atoms with E-state index >= 15 is 0 Å². The minimum atomic E-state index is -0.759. The van der Waals surface area contributed by atoms with E-state index in [0.717, 1.165) is 63.7 Å². The summed E-state index contributed by atoms with van der Waals surface area (Å²) >= 11 is 0. The van der Waals surface area contributed by atoms with Crippen LogP contribution in [0.25, 0.3) is 0 Å². The predicted molar refractivity (Wildman–Crippen MR) is 247 cm³/mol. The van der Waals surface area contributed by atoms with Gasteiger partial charge in [-0.1, -0.05) is 252 Å². The van der Waals surface area contributed by atoms with Crippen molar-refractivity contribution in [3.05, 3.63) is 0 Å². The van der Waals surface area contributed by atoms with Gasteiger partial charge in [0.1, 0.15) is 13.2 Å². The largest absolute Gasteiger partial charge is 0.462 e. The fraction of sp³-hybridized carbons (Fsp3) is 0.942. The summed E-state index contributed by atoms with van der Waals surface area (Å²) in [6.45, 7) is 9.03. The molecule has 0 N–H and O–H groups in total. The van der Waals surface area contributed by atoms with Crippen LogP contribution in [0, 0.1) is 5.92 Å². The lowest BCUT2D eigenvalue weighted by atomic mass is 10.0. The first-order valence-electron chi connectivity index (χ1n) is 25.9. The second-order valence-electron chi connectivity index (χ2n) is 18.3. The molecule has 0 saturated carbocycles. The van der Waals surface area contributed by atoms with Gasteiger partial charge in [-0.3, -0.25) is 14.4 Å². The van der Waals surface area contributed by atoms with Crippen LogP contribution in [0.4, 0.5) is 0 Å². The Kier molecular flexibility index (Phi) is 45.2. The Hall–Kier alpha value is -1.59. The van der Waals surface area contributed by atoms with E-state index in [2.05, 4.69) is 27.7 Å². The van der Waals surface area contributed by atoms with E-state index in [1.807, 2.05) is 0 Å². The Morgan fingerprint density at radius 2 is 0.569 bits per heavy atom. The number of hydrogen-bond donors (Lipinski definition) is 0.